The van der Waals surface area contributed by atoms with Gasteiger partial charge in [0, 0.05) is 29.7 Å². The first-order chi connectivity index (χ1) is 14.1. The van der Waals surface area contributed by atoms with Crippen LogP contribution in [0.3, 0.4) is 0 Å². The predicted octanol–water partition coefficient (Wildman–Crippen LogP) is 2.96. The number of nitrogens with zero attached hydrogens (tertiary/aromatic N) is 3. The van der Waals surface area contributed by atoms with Crippen molar-refractivity contribution < 1.29 is 14.5 Å². The van der Waals surface area contributed by atoms with Gasteiger partial charge in [-0.2, -0.15) is 5.10 Å². The first-order valence-corrected chi connectivity index (χ1v) is 8.69. The number of rotatable bonds is 8. The van der Waals surface area contributed by atoms with E-state index in [4.69, 9.17) is 4.74 Å². The van der Waals surface area contributed by atoms with Crippen LogP contribution in [0, 0.1) is 10.1 Å². The maximum atomic E-state index is 11.9. The first-order valence-electron chi connectivity index (χ1n) is 8.69. The van der Waals surface area contributed by atoms with Gasteiger partial charge in [0.05, 0.1) is 30.5 Å². The van der Waals surface area contributed by atoms with Crippen LogP contribution < -0.4 is 15.5 Å². The summed E-state index contributed by atoms with van der Waals surface area (Å²) in [7, 11) is 1.59. The number of non-ortho nitro benzene ring substituents is 1. The van der Waals surface area contributed by atoms with Gasteiger partial charge in [0.2, 0.25) is 0 Å². The number of aromatic nitrogens is 1. The molecule has 1 aromatic heterocycles. The molecule has 1 heterocycles. The summed E-state index contributed by atoms with van der Waals surface area (Å²) in [6, 6.07) is 17.0. The molecule has 0 aliphatic carbocycles. The molecule has 29 heavy (non-hydrogen) atoms. The number of hydrogen-bond donors (Lipinski definition) is 2. The Bertz CT molecular complexity index is 1010. The second-order valence-electron chi connectivity index (χ2n) is 5.95. The Balaban J connectivity index is 1.55. The molecule has 0 atom stereocenters. The molecular formula is C20H19N5O4. The maximum absolute atomic E-state index is 11.9. The van der Waals surface area contributed by atoms with Crippen LogP contribution in [0.1, 0.15) is 5.69 Å². The highest BCUT2D eigenvalue weighted by Gasteiger charge is 2.07. The van der Waals surface area contributed by atoms with Crippen molar-refractivity contribution in [3.8, 4) is 11.4 Å². The molecule has 2 aromatic carbocycles. The van der Waals surface area contributed by atoms with Crippen LogP contribution in [0.2, 0.25) is 0 Å². The van der Waals surface area contributed by atoms with Crippen molar-refractivity contribution in [1.82, 2.24) is 9.99 Å². The fourth-order valence-corrected chi connectivity index (χ4v) is 2.57. The molecule has 0 spiro atoms. The zero-order valence-corrected chi connectivity index (χ0v) is 15.6. The summed E-state index contributed by atoms with van der Waals surface area (Å²) in [4.78, 5) is 22.3. The van der Waals surface area contributed by atoms with E-state index in [2.05, 4.69) is 15.8 Å². The molecule has 0 fully saturated rings. The summed E-state index contributed by atoms with van der Waals surface area (Å²) in [5.74, 6) is 0.436. The number of benzene rings is 2. The Labute approximate surface area is 166 Å². The summed E-state index contributed by atoms with van der Waals surface area (Å²) in [6.45, 7) is 0.0625. The van der Waals surface area contributed by atoms with Crippen LogP contribution in [0.15, 0.2) is 72.0 Å². The van der Waals surface area contributed by atoms with Crippen molar-refractivity contribution in [2.75, 3.05) is 19.0 Å². The molecule has 0 saturated heterocycles. The second-order valence-corrected chi connectivity index (χ2v) is 5.95. The number of anilines is 1. The topological polar surface area (TPSA) is 111 Å². The molecular weight excluding hydrogens is 374 g/mol. The number of nitrogens with one attached hydrogen (secondary N) is 2. The normalized spacial score (nSPS) is 10.7. The Hall–Kier alpha value is -4.14. The van der Waals surface area contributed by atoms with Crippen molar-refractivity contribution in [3.05, 3.63) is 82.7 Å². The molecule has 0 unspecified atom stereocenters. The summed E-state index contributed by atoms with van der Waals surface area (Å²) >= 11 is 0. The monoisotopic (exact) mass is 393 g/mol. The number of carbonyl (C=O) groups is 1. The van der Waals surface area contributed by atoms with E-state index < -0.39 is 4.92 Å². The smallest absolute Gasteiger partial charge is 0.269 e. The first kappa shape index (κ1) is 19.6. The van der Waals surface area contributed by atoms with Crippen molar-refractivity contribution in [3.63, 3.8) is 0 Å². The lowest BCUT2D eigenvalue weighted by atomic mass is 10.3. The summed E-state index contributed by atoms with van der Waals surface area (Å²) < 4.78 is 6.88. The maximum Gasteiger partial charge on any atom is 0.269 e. The third kappa shape index (κ3) is 5.19. The van der Waals surface area contributed by atoms with Gasteiger partial charge in [-0.05, 0) is 48.5 Å². The van der Waals surface area contributed by atoms with Gasteiger partial charge in [-0.1, -0.05) is 0 Å². The number of hydrazone groups is 1. The Morgan fingerprint density at radius 1 is 1.17 bits per heavy atom. The molecule has 3 rings (SSSR count). The van der Waals surface area contributed by atoms with Crippen LogP contribution in [0.25, 0.3) is 5.69 Å². The predicted molar refractivity (Wildman–Crippen MR) is 110 cm³/mol. The van der Waals surface area contributed by atoms with E-state index >= 15 is 0 Å². The van der Waals surface area contributed by atoms with E-state index in [-0.39, 0.29) is 18.1 Å². The van der Waals surface area contributed by atoms with Gasteiger partial charge in [-0.3, -0.25) is 14.9 Å². The summed E-state index contributed by atoms with van der Waals surface area (Å²) in [5.41, 5.74) is 4.72. The van der Waals surface area contributed by atoms with Crippen molar-refractivity contribution in [2.24, 2.45) is 5.10 Å². The Kier molecular flexibility index (Phi) is 6.21. The van der Waals surface area contributed by atoms with E-state index in [0.717, 1.165) is 17.1 Å². The van der Waals surface area contributed by atoms with Crippen LogP contribution in [-0.4, -0.2) is 35.3 Å². The largest absolute Gasteiger partial charge is 0.497 e. The van der Waals surface area contributed by atoms with E-state index in [1.165, 1.54) is 18.3 Å². The van der Waals surface area contributed by atoms with Crippen molar-refractivity contribution >= 4 is 23.5 Å². The minimum Gasteiger partial charge on any atom is -0.497 e. The SMILES string of the molecule is COc1ccc(NCC(=O)N/N=C\c2cccn2-c2ccc([N+](=O)[O-])cc2)cc1. The number of nitro groups is 1. The lowest BCUT2D eigenvalue weighted by molar-refractivity contribution is -0.384. The molecule has 1 amide bonds. The fraction of sp³-hybridized carbons (Fsp3) is 0.100. The molecule has 0 aliphatic heterocycles. The molecule has 9 heteroatoms. The number of ether oxygens (including phenoxy) is 1. The number of nitro benzene ring substituents is 1. The average Bonchev–Trinajstić information content (AvgIpc) is 3.21. The summed E-state index contributed by atoms with van der Waals surface area (Å²) in [5, 5.41) is 17.7. The van der Waals surface area contributed by atoms with Crippen LogP contribution in [-0.2, 0) is 4.79 Å². The van der Waals surface area contributed by atoms with Gasteiger partial charge in [-0.15, -0.1) is 0 Å². The number of amides is 1. The molecule has 0 bridgehead atoms. The quantitative estimate of drug-likeness (QED) is 0.347. The van der Waals surface area contributed by atoms with Gasteiger partial charge in [-0.25, -0.2) is 5.43 Å². The minimum atomic E-state index is -0.447. The van der Waals surface area contributed by atoms with Crippen molar-refractivity contribution in [1.29, 1.82) is 0 Å². The van der Waals surface area contributed by atoms with Gasteiger partial charge in [0.1, 0.15) is 5.75 Å². The number of carbonyl (C=O) groups excluding carboxylic acids is 1. The molecule has 9 nitrogen and oxygen atoms in total. The lowest BCUT2D eigenvalue weighted by Gasteiger charge is -2.07. The number of hydrogen-bond acceptors (Lipinski definition) is 6. The third-order valence-corrected chi connectivity index (χ3v) is 4.05. The highest BCUT2D eigenvalue weighted by Crippen LogP contribution is 2.17. The minimum absolute atomic E-state index is 0.0211. The van der Waals surface area contributed by atoms with Gasteiger partial charge in [0.25, 0.3) is 11.6 Å². The van der Waals surface area contributed by atoms with Crippen molar-refractivity contribution in [2.45, 2.75) is 0 Å². The zero-order chi connectivity index (χ0) is 20.6. The van der Waals surface area contributed by atoms with Crippen LogP contribution in [0.5, 0.6) is 5.75 Å². The highest BCUT2D eigenvalue weighted by atomic mass is 16.6. The van der Waals surface area contributed by atoms with Crippen LogP contribution in [0.4, 0.5) is 11.4 Å². The van der Waals surface area contributed by atoms with E-state index in [1.54, 1.807) is 42.1 Å². The third-order valence-electron chi connectivity index (χ3n) is 4.05. The van der Waals surface area contributed by atoms with Gasteiger partial charge >= 0.3 is 0 Å². The Morgan fingerprint density at radius 3 is 2.55 bits per heavy atom. The summed E-state index contributed by atoms with van der Waals surface area (Å²) in [6.07, 6.45) is 3.31. The fourth-order valence-electron chi connectivity index (χ4n) is 2.57. The number of methoxy groups -OCH3 is 1. The lowest BCUT2D eigenvalue weighted by Crippen LogP contribution is -2.25. The molecule has 0 aliphatic rings. The highest BCUT2D eigenvalue weighted by molar-refractivity contribution is 5.84. The standard InChI is InChI=1S/C20H19N5O4/c1-29-19-10-4-15(5-11-19)21-14-20(26)23-22-13-18-3-2-12-24(18)16-6-8-17(9-7-16)25(27)28/h2-13,21H,14H2,1H3,(H,23,26)/b22-13-. The molecule has 3 aromatic rings. The van der Waals surface area contributed by atoms with E-state index in [1.807, 2.05) is 24.3 Å². The van der Waals surface area contributed by atoms with Crippen LogP contribution >= 0.6 is 0 Å². The van der Waals surface area contributed by atoms with Gasteiger partial charge in [0.15, 0.2) is 0 Å². The molecule has 2 N–H and O–H groups in total. The van der Waals surface area contributed by atoms with Gasteiger partial charge < -0.3 is 14.6 Å². The zero-order valence-electron chi connectivity index (χ0n) is 15.6. The average molecular weight is 393 g/mol. The molecule has 0 radical (unpaired) electrons. The molecule has 148 valence electrons. The van der Waals surface area contributed by atoms with E-state index in [0.29, 0.717) is 5.69 Å². The Morgan fingerprint density at radius 2 is 1.90 bits per heavy atom. The molecule has 0 saturated carbocycles. The second kappa shape index (κ2) is 9.18. The van der Waals surface area contributed by atoms with E-state index in [9.17, 15) is 14.9 Å².